The lowest BCUT2D eigenvalue weighted by atomic mass is 10.1. The van der Waals surface area contributed by atoms with E-state index in [-0.39, 0.29) is 35.5 Å². The van der Waals surface area contributed by atoms with Gasteiger partial charge in [-0.25, -0.2) is 8.78 Å². The maximum absolute atomic E-state index is 14.6. The third-order valence-corrected chi connectivity index (χ3v) is 6.91. The molecule has 11 nitrogen and oxygen atoms in total. The first-order valence-corrected chi connectivity index (χ1v) is 13.0. The van der Waals surface area contributed by atoms with Crippen molar-refractivity contribution in [2.75, 3.05) is 56.9 Å². The third kappa shape index (κ3) is 5.47. The van der Waals surface area contributed by atoms with Crippen LogP contribution in [0.15, 0.2) is 36.5 Å². The Kier molecular flexibility index (Phi) is 7.69. The molecule has 2 aromatic heterocycles. The molecule has 5 rings (SSSR count). The zero-order valence-electron chi connectivity index (χ0n) is 22.7. The minimum Gasteiger partial charge on any atom is -0.495 e. The van der Waals surface area contributed by atoms with Gasteiger partial charge < -0.3 is 30.5 Å². The Morgan fingerprint density at radius 3 is 2.61 bits per heavy atom. The molecule has 214 valence electrons. The van der Waals surface area contributed by atoms with Gasteiger partial charge in [0.1, 0.15) is 23.2 Å². The van der Waals surface area contributed by atoms with Crippen molar-refractivity contribution in [2.24, 2.45) is 0 Å². The summed E-state index contributed by atoms with van der Waals surface area (Å²) in [5.74, 6) is -1.88. The lowest BCUT2D eigenvalue weighted by Crippen LogP contribution is -2.36. The van der Waals surface area contributed by atoms with Crippen LogP contribution < -0.4 is 25.6 Å². The van der Waals surface area contributed by atoms with Crippen LogP contribution in [0.25, 0.3) is 11.0 Å². The molecule has 1 aliphatic rings. The number of rotatable bonds is 8. The average Bonchev–Trinajstić information content (AvgIpc) is 3.50. The first kappa shape index (κ1) is 28.1. The molecule has 0 saturated carbocycles. The number of ether oxygens (including phenoxy) is 1. The van der Waals surface area contributed by atoms with Gasteiger partial charge in [-0.3, -0.25) is 13.6 Å². The number of amides is 2. The molecular formula is C27H28F2N8O3S. The fraction of sp³-hybridized carbons (Fsp3) is 0.259. The second-order valence-corrected chi connectivity index (χ2v) is 10.1. The predicted molar refractivity (Wildman–Crippen MR) is 156 cm³/mol. The minimum atomic E-state index is -1.03. The van der Waals surface area contributed by atoms with E-state index in [4.69, 9.17) is 4.74 Å². The summed E-state index contributed by atoms with van der Waals surface area (Å²) in [6, 6.07) is 6.99. The van der Waals surface area contributed by atoms with Crippen molar-refractivity contribution in [1.29, 1.82) is 0 Å². The van der Waals surface area contributed by atoms with Crippen molar-refractivity contribution in [2.45, 2.75) is 6.42 Å². The quantitative estimate of drug-likeness (QED) is 0.233. The van der Waals surface area contributed by atoms with E-state index < -0.39 is 17.5 Å². The van der Waals surface area contributed by atoms with E-state index in [2.05, 4.69) is 38.7 Å². The number of hydrogen-bond donors (Lipinski definition) is 4. The second-order valence-electron chi connectivity index (χ2n) is 9.65. The lowest BCUT2D eigenvalue weighted by Gasteiger charge is -2.21. The van der Waals surface area contributed by atoms with Crippen molar-refractivity contribution in [3.63, 3.8) is 0 Å². The van der Waals surface area contributed by atoms with E-state index in [1.807, 2.05) is 25.1 Å². The van der Waals surface area contributed by atoms with Gasteiger partial charge in [0.25, 0.3) is 5.91 Å². The smallest absolute Gasteiger partial charge is 0.256 e. The Labute approximate surface area is 240 Å². The number of nitrogens with zero attached hydrogens (tertiary/aromatic N) is 5. The van der Waals surface area contributed by atoms with E-state index in [1.54, 1.807) is 23.2 Å². The van der Waals surface area contributed by atoms with Gasteiger partial charge in [0.15, 0.2) is 5.65 Å². The van der Waals surface area contributed by atoms with Crippen LogP contribution in [0, 0.1) is 11.6 Å². The topological polar surface area (TPSA) is 117 Å². The number of halogens is 2. The van der Waals surface area contributed by atoms with Crippen LogP contribution in [0.1, 0.15) is 15.9 Å². The van der Waals surface area contributed by atoms with Gasteiger partial charge in [0.05, 0.1) is 36.0 Å². The number of anilines is 5. The van der Waals surface area contributed by atoms with E-state index >= 15 is 0 Å². The average molecular weight is 583 g/mol. The molecule has 2 aromatic carbocycles. The molecule has 41 heavy (non-hydrogen) atoms. The van der Waals surface area contributed by atoms with Crippen molar-refractivity contribution in [1.82, 2.24) is 24.2 Å². The molecule has 0 unspecified atom stereocenters. The largest absolute Gasteiger partial charge is 0.495 e. The summed E-state index contributed by atoms with van der Waals surface area (Å²) >= 11 is 4.42. The summed E-state index contributed by atoms with van der Waals surface area (Å²) < 4.78 is 35.9. The van der Waals surface area contributed by atoms with Crippen molar-refractivity contribution >= 4 is 64.5 Å². The molecule has 0 atom stereocenters. The Balaban J connectivity index is 1.56. The maximum atomic E-state index is 14.6. The highest BCUT2D eigenvalue weighted by molar-refractivity contribution is 7.78. The highest BCUT2D eigenvalue weighted by atomic mass is 32.1. The van der Waals surface area contributed by atoms with Crippen LogP contribution >= 0.6 is 12.8 Å². The lowest BCUT2D eigenvalue weighted by molar-refractivity contribution is -0.119. The monoisotopic (exact) mass is 582 g/mol. The Morgan fingerprint density at radius 2 is 1.90 bits per heavy atom. The van der Waals surface area contributed by atoms with E-state index in [0.717, 1.165) is 17.3 Å². The van der Waals surface area contributed by atoms with Crippen LogP contribution in [-0.4, -0.2) is 72.0 Å². The first-order valence-electron chi connectivity index (χ1n) is 12.6. The summed E-state index contributed by atoms with van der Waals surface area (Å²) in [6.45, 7) is 0.816. The normalized spacial score (nSPS) is 12.5. The molecule has 0 spiro atoms. The molecule has 4 aromatic rings. The molecule has 14 heteroatoms. The van der Waals surface area contributed by atoms with Gasteiger partial charge in [-0.05, 0) is 50.3 Å². The SMILES string of the molecule is CNC(=O)c1c(F)cc(F)cc1Nc1nc(Nc2cc3c(cc2OC)CCN3C(=O)CN(C)C)nc2c1ccn2S. The number of hydrogen-bond acceptors (Lipinski definition) is 9. The Morgan fingerprint density at radius 1 is 1.12 bits per heavy atom. The summed E-state index contributed by atoms with van der Waals surface area (Å²) in [7, 11) is 6.55. The second kappa shape index (κ2) is 11.2. The fourth-order valence-electron chi connectivity index (χ4n) is 4.72. The summed E-state index contributed by atoms with van der Waals surface area (Å²) in [5.41, 5.74) is 2.11. The molecule has 2 amide bonds. The number of benzene rings is 2. The molecular weight excluding hydrogens is 554 g/mol. The van der Waals surface area contributed by atoms with Crippen molar-refractivity contribution in [3.05, 3.63) is 59.3 Å². The predicted octanol–water partition coefficient (Wildman–Crippen LogP) is 3.71. The summed E-state index contributed by atoms with van der Waals surface area (Å²) in [6.07, 6.45) is 2.32. The van der Waals surface area contributed by atoms with Crippen LogP contribution in [0.2, 0.25) is 0 Å². The molecule has 0 saturated heterocycles. The van der Waals surface area contributed by atoms with Gasteiger partial charge in [0.2, 0.25) is 11.9 Å². The molecule has 3 heterocycles. The van der Waals surface area contributed by atoms with Crippen LogP contribution in [0.5, 0.6) is 5.75 Å². The van der Waals surface area contributed by atoms with Gasteiger partial charge >= 0.3 is 0 Å². The molecule has 0 radical (unpaired) electrons. The zero-order chi connectivity index (χ0) is 29.4. The van der Waals surface area contributed by atoms with Crippen LogP contribution in [0.3, 0.4) is 0 Å². The minimum absolute atomic E-state index is 0.0313. The van der Waals surface area contributed by atoms with E-state index in [0.29, 0.717) is 41.5 Å². The molecule has 3 N–H and O–H groups in total. The van der Waals surface area contributed by atoms with E-state index in [1.165, 1.54) is 18.1 Å². The van der Waals surface area contributed by atoms with Crippen molar-refractivity contribution in [3.8, 4) is 5.75 Å². The maximum Gasteiger partial charge on any atom is 0.256 e. The first-order chi connectivity index (χ1) is 19.6. The molecule has 1 aliphatic heterocycles. The number of carbonyl (C=O) groups excluding carboxylic acids is 2. The fourth-order valence-corrected chi connectivity index (χ4v) is 4.94. The number of thiol groups is 1. The highest BCUT2D eigenvalue weighted by Crippen LogP contribution is 2.39. The number of nitrogens with one attached hydrogen (secondary N) is 3. The van der Waals surface area contributed by atoms with Crippen molar-refractivity contribution < 1.29 is 23.1 Å². The zero-order valence-corrected chi connectivity index (χ0v) is 23.6. The van der Waals surface area contributed by atoms with Gasteiger partial charge in [0, 0.05) is 31.5 Å². The van der Waals surface area contributed by atoms with Crippen LogP contribution in [0.4, 0.5) is 37.6 Å². The summed E-state index contributed by atoms with van der Waals surface area (Å²) in [5, 5.41) is 8.89. The highest BCUT2D eigenvalue weighted by Gasteiger charge is 2.27. The van der Waals surface area contributed by atoms with Gasteiger partial charge in [-0.1, -0.05) is 12.8 Å². The van der Waals surface area contributed by atoms with Crippen LogP contribution in [-0.2, 0) is 11.2 Å². The number of fused-ring (bicyclic) bond motifs is 2. The summed E-state index contributed by atoms with van der Waals surface area (Å²) in [4.78, 5) is 37.9. The molecule has 0 fully saturated rings. The Hall–Kier alpha value is -4.43. The molecule has 0 aliphatic carbocycles. The number of methoxy groups -OCH3 is 1. The molecule has 0 bridgehead atoms. The number of likely N-dealkylation sites (N-methyl/N-ethyl adjacent to an activating group) is 1. The van der Waals surface area contributed by atoms with Gasteiger partial charge in [-0.2, -0.15) is 9.97 Å². The standard InChI is InChI=1S/C27H28F2N8O3S/c1-30-26(39)23-17(29)10-15(28)11-19(23)31-24-16-6-8-37(41)25(16)34-27(33-24)32-18-12-20-14(9-21(18)40-4)5-7-36(20)22(38)13-35(2)3/h6,8-12,41H,5,7,13H2,1-4H3,(H,30,39)(H2,31,32,33,34). The number of carbonyl (C=O) groups is 2. The number of aromatic nitrogens is 3. The van der Waals surface area contributed by atoms with Gasteiger partial charge in [-0.15, -0.1) is 0 Å². The third-order valence-electron chi connectivity index (χ3n) is 6.58. The Bertz CT molecular complexity index is 1680. The van der Waals surface area contributed by atoms with E-state index in [9.17, 15) is 18.4 Å².